The number of carbonyl (C=O) groups is 2. The molecule has 2 amide bonds. The third-order valence-corrected chi connectivity index (χ3v) is 2.98. The van der Waals surface area contributed by atoms with Crippen molar-refractivity contribution in [2.45, 2.75) is 25.9 Å². The molecule has 1 aliphatic heterocycles. The average Bonchev–Trinajstić information content (AvgIpc) is 2.39. The quantitative estimate of drug-likeness (QED) is 0.632. The van der Waals surface area contributed by atoms with Crippen molar-refractivity contribution in [1.82, 2.24) is 10.3 Å². The van der Waals surface area contributed by atoms with Gasteiger partial charge in [-0.3, -0.25) is 9.59 Å². The van der Waals surface area contributed by atoms with Crippen molar-refractivity contribution in [3.05, 3.63) is 12.1 Å². The van der Waals surface area contributed by atoms with Crippen LogP contribution in [0.25, 0.3) is 0 Å². The maximum Gasteiger partial charge on any atom is 0.246 e. The van der Waals surface area contributed by atoms with Gasteiger partial charge in [-0.25, -0.2) is 4.98 Å². The number of hydrogen-bond acceptors (Lipinski definition) is 5. The molecular formula is C12H17N5O2. The Hall–Kier alpha value is -2.15. The molecule has 1 aromatic rings. The zero-order chi connectivity index (χ0) is 14.0. The molecule has 0 bridgehead atoms. The minimum absolute atomic E-state index is 0.102. The SMILES string of the molecule is CNC(C)C(=O)Nc1ccc2c(n1)N[C@@H](C)C(=O)N2. The van der Waals surface area contributed by atoms with Crippen LogP contribution in [-0.2, 0) is 9.59 Å². The third-order valence-electron chi connectivity index (χ3n) is 2.98. The molecule has 0 saturated heterocycles. The zero-order valence-corrected chi connectivity index (χ0v) is 11.1. The van der Waals surface area contributed by atoms with Gasteiger partial charge in [0, 0.05) is 0 Å². The summed E-state index contributed by atoms with van der Waals surface area (Å²) in [5, 5.41) is 11.3. The van der Waals surface area contributed by atoms with Gasteiger partial charge in [-0.2, -0.15) is 0 Å². The molecule has 19 heavy (non-hydrogen) atoms. The molecule has 0 fully saturated rings. The van der Waals surface area contributed by atoms with Crippen LogP contribution in [0.2, 0.25) is 0 Å². The Bertz CT molecular complexity index is 517. The number of fused-ring (bicyclic) bond motifs is 1. The number of carbonyl (C=O) groups excluding carboxylic acids is 2. The predicted molar refractivity (Wildman–Crippen MR) is 73.1 cm³/mol. The summed E-state index contributed by atoms with van der Waals surface area (Å²) in [6.07, 6.45) is 0. The topological polar surface area (TPSA) is 95.2 Å². The molecule has 0 saturated carbocycles. The minimum Gasteiger partial charge on any atom is -0.357 e. The highest BCUT2D eigenvalue weighted by Gasteiger charge is 2.22. The monoisotopic (exact) mass is 263 g/mol. The molecule has 1 aliphatic rings. The summed E-state index contributed by atoms with van der Waals surface area (Å²) in [7, 11) is 1.71. The predicted octanol–water partition coefficient (Wildman–Crippen LogP) is 0.380. The molecule has 7 nitrogen and oxygen atoms in total. The van der Waals surface area contributed by atoms with E-state index in [1.807, 2.05) is 0 Å². The Labute approximate surface area is 111 Å². The lowest BCUT2D eigenvalue weighted by molar-refractivity contribution is -0.118. The van der Waals surface area contributed by atoms with Gasteiger partial charge in [0.15, 0.2) is 5.82 Å². The van der Waals surface area contributed by atoms with Gasteiger partial charge in [-0.15, -0.1) is 0 Å². The lowest BCUT2D eigenvalue weighted by Crippen LogP contribution is -2.37. The highest BCUT2D eigenvalue weighted by molar-refractivity contribution is 6.02. The van der Waals surface area contributed by atoms with Gasteiger partial charge in [0.25, 0.3) is 0 Å². The third kappa shape index (κ3) is 2.82. The van der Waals surface area contributed by atoms with Crippen LogP contribution >= 0.6 is 0 Å². The number of amides is 2. The fourth-order valence-corrected chi connectivity index (χ4v) is 1.62. The fraction of sp³-hybridized carbons (Fsp3) is 0.417. The van der Waals surface area contributed by atoms with Crippen molar-refractivity contribution in [2.24, 2.45) is 0 Å². The van der Waals surface area contributed by atoms with Crippen molar-refractivity contribution in [3.63, 3.8) is 0 Å². The average molecular weight is 263 g/mol. The number of rotatable bonds is 3. The van der Waals surface area contributed by atoms with Crippen LogP contribution < -0.4 is 21.3 Å². The molecular weight excluding hydrogens is 246 g/mol. The summed E-state index contributed by atoms with van der Waals surface area (Å²) in [4.78, 5) is 27.5. The second-order valence-electron chi connectivity index (χ2n) is 4.45. The second-order valence-corrected chi connectivity index (χ2v) is 4.45. The Kier molecular flexibility index (Phi) is 3.66. The van der Waals surface area contributed by atoms with E-state index in [2.05, 4.69) is 26.3 Å². The standard InChI is InChI=1S/C12H17N5O2/c1-6(13-3)11(18)17-9-5-4-8-10(16-9)14-7(2)12(19)15-8/h4-7,13H,1-3H3,(H,15,19)(H2,14,16,17,18)/t6?,7-/m0/s1. The van der Waals surface area contributed by atoms with E-state index in [-0.39, 0.29) is 23.9 Å². The largest absolute Gasteiger partial charge is 0.357 e. The molecule has 0 spiro atoms. The van der Waals surface area contributed by atoms with Crippen LogP contribution in [0, 0.1) is 0 Å². The Morgan fingerprint density at radius 3 is 2.89 bits per heavy atom. The smallest absolute Gasteiger partial charge is 0.246 e. The normalized spacial score (nSPS) is 18.9. The van der Waals surface area contributed by atoms with Crippen LogP contribution in [0.15, 0.2) is 12.1 Å². The number of aromatic nitrogens is 1. The van der Waals surface area contributed by atoms with Gasteiger partial charge >= 0.3 is 0 Å². The molecule has 2 atom stereocenters. The number of nitrogens with one attached hydrogen (secondary N) is 4. The van der Waals surface area contributed by atoms with Gasteiger partial charge in [0.2, 0.25) is 11.8 Å². The van der Waals surface area contributed by atoms with Gasteiger partial charge in [0.1, 0.15) is 11.9 Å². The van der Waals surface area contributed by atoms with Crippen LogP contribution in [0.5, 0.6) is 0 Å². The molecule has 0 aromatic carbocycles. The van der Waals surface area contributed by atoms with Gasteiger partial charge in [-0.1, -0.05) is 0 Å². The number of nitrogens with zero attached hydrogens (tertiary/aromatic N) is 1. The molecule has 102 valence electrons. The lowest BCUT2D eigenvalue weighted by Gasteiger charge is -2.23. The van der Waals surface area contributed by atoms with E-state index in [9.17, 15) is 9.59 Å². The second kappa shape index (κ2) is 5.23. The lowest BCUT2D eigenvalue weighted by atomic mass is 10.2. The molecule has 1 unspecified atom stereocenters. The van der Waals surface area contributed by atoms with Crippen LogP contribution in [0.4, 0.5) is 17.3 Å². The molecule has 7 heteroatoms. The van der Waals surface area contributed by atoms with Crippen molar-refractivity contribution >= 4 is 29.1 Å². The van der Waals surface area contributed by atoms with Crippen molar-refractivity contribution in [2.75, 3.05) is 23.0 Å². The van der Waals surface area contributed by atoms with Crippen molar-refractivity contribution in [3.8, 4) is 0 Å². The van der Waals surface area contributed by atoms with Crippen molar-refractivity contribution in [1.29, 1.82) is 0 Å². The first-order valence-electron chi connectivity index (χ1n) is 6.08. The van der Waals surface area contributed by atoms with E-state index < -0.39 is 0 Å². The van der Waals surface area contributed by atoms with Crippen LogP contribution in [0.3, 0.4) is 0 Å². The van der Waals surface area contributed by atoms with E-state index in [4.69, 9.17) is 0 Å². The summed E-state index contributed by atoms with van der Waals surface area (Å²) in [5.74, 6) is 0.737. The fourth-order valence-electron chi connectivity index (χ4n) is 1.62. The van der Waals surface area contributed by atoms with E-state index in [0.717, 1.165) is 0 Å². The van der Waals surface area contributed by atoms with Gasteiger partial charge in [-0.05, 0) is 33.0 Å². The highest BCUT2D eigenvalue weighted by atomic mass is 16.2. The Balaban J connectivity index is 2.15. The molecule has 1 aromatic heterocycles. The van der Waals surface area contributed by atoms with Gasteiger partial charge in [0.05, 0.1) is 11.7 Å². The maximum atomic E-state index is 11.7. The van der Waals surface area contributed by atoms with E-state index in [1.54, 1.807) is 33.0 Å². The van der Waals surface area contributed by atoms with E-state index >= 15 is 0 Å². The van der Waals surface area contributed by atoms with Crippen LogP contribution in [0.1, 0.15) is 13.8 Å². The maximum absolute atomic E-state index is 11.7. The molecule has 2 rings (SSSR count). The number of likely N-dealkylation sites (N-methyl/N-ethyl adjacent to an activating group) is 1. The highest BCUT2D eigenvalue weighted by Crippen LogP contribution is 2.26. The summed E-state index contributed by atoms with van der Waals surface area (Å²) in [6.45, 7) is 3.50. The first-order chi connectivity index (χ1) is 9.01. The first kappa shape index (κ1) is 13.3. The number of hydrogen-bond donors (Lipinski definition) is 4. The zero-order valence-electron chi connectivity index (χ0n) is 11.1. The Morgan fingerprint density at radius 1 is 1.47 bits per heavy atom. The molecule has 4 N–H and O–H groups in total. The number of anilines is 3. The van der Waals surface area contributed by atoms with E-state index in [0.29, 0.717) is 17.3 Å². The molecule has 0 aliphatic carbocycles. The van der Waals surface area contributed by atoms with E-state index in [1.165, 1.54) is 0 Å². The van der Waals surface area contributed by atoms with Crippen LogP contribution in [-0.4, -0.2) is 35.9 Å². The summed E-state index contributed by atoms with van der Waals surface area (Å²) in [5.41, 5.74) is 0.614. The molecule has 2 heterocycles. The van der Waals surface area contributed by atoms with Crippen molar-refractivity contribution < 1.29 is 9.59 Å². The van der Waals surface area contributed by atoms with Gasteiger partial charge < -0.3 is 21.3 Å². The summed E-state index contributed by atoms with van der Waals surface area (Å²) < 4.78 is 0. The first-order valence-corrected chi connectivity index (χ1v) is 6.08. The minimum atomic E-state index is -0.345. The molecule has 0 radical (unpaired) electrons. The summed E-state index contributed by atoms with van der Waals surface area (Å²) >= 11 is 0. The number of pyridine rings is 1. The Morgan fingerprint density at radius 2 is 2.21 bits per heavy atom. The summed E-state index contributed by atoms with van der Waals surface area (Å²) in [6, 6.07) is 2.71.